The summed E-state index contributed by atoms with van der Waals surface area (Å²) in [6, 6.07) is 13.6. The third-order valence-corrected chi connectivity index (χ3v) is 2.97. The maximum atomic E-state index is 12.0. The fraction of sp³-hybridized carbons (Fsp3) is 0.176. The van der Waals surface area contributed by atoms with E-state index in [2.05, 4.69) is 5.32 Å². The van der Waals surface area contributed by atoms with Gasteiger partial charge in [-0.05, 0) is 31.2 Å². The Morgan fingerprint density at radius 3 is 2.35 bits per heavy atom. The Bertz CT molecular complexity index is 700. The van der Waals surface area contributed by atoms with E-state index in [1.54, 1.807) is 42.5 Å². The molecule has 0 radical (unpaired) electrons. The van der Waals surface area contributed by atoms with Crippen LogP contribution >= 0.6 is 0 Å². The standard InChI is InChI=1S/C17H18N2O4/c1-2-22-15-10-6-4-8-13(15)19-16(20)11-23-14-9-5-3-7-12(14)17(18)21/h3-10H,2,11H2,1H3,(H2,18,21)(H,19,20). The number of rotatable bonds is 7. The van der Waals surface area contributed by atoms with Gasteiger partial charge < -0.3 is 20.5 Å². The minimum absolute atomic E-state index is 0.231. The van der Waals surface area contributed by atoms with Crippen molar-refractivity contribution in [3.63, 3.8) is 0 Å². The van der Waals surface area contributed by atoms with Gasteiger partial charge in [-0.3, -0.25) is 9.59 Å². The number of nitrogens with two attached hydrogens (primary N) is 1. The summed E-state index contributed by atoms with van der Waals surface area (Å²) < 4.78 is 10.8. The van der Waals surface area contributed by atoms with Crippen molar-refractivity contribution in [2.75, 3.05) is 18.5 Å². The maximum absolute atomic E-state index is 12.0. The maximum Gasteiger partial charge on any atom is 0.262 e. The Morgan fingerprint density at radius 1 is 1.00 bits per heavy atom. The van der Waals surface area contributed by atoms with Crippen LogP contribution in [-0.2, 0) is 4.79 Å². The van der Waals surface area contributed by atoms with Crippen LogP contribution in [0.25, 0.3) is 0 Å². The van der Waals surface area contributed by atoms with Crippen molar-refractivity contribution in [3.05, 3.63) is 54.1 Å². The van der Waals surface area contributed by atoms with E-state index in [0.717, 1.165) is 0 Å². The number of ether oxygens (including phenoxy) is 2. The molecule has 2 aromatic rings. The average molecular weight is 314 g/mol. The van der Waals surface area contributed by atoms with Gasteiger partial charge in [0.25, 0.3) is 11.8 Å². The molecule has 0 spiro atoms. The highest BCUT2D eigenvalue weighted by Gasteiger charge is 2.11. The molecule has 6 heteroatoms. The average Bonchev–Trinajstić information content (AvgIpc) is 2.55. The molecular weight excluding hydrogens is 296 g/mol. The number of benzene rings is 2. The summed E-state index contributed by atoms with van der Waals surface area (Å²) in [5.74, 6) is -0.117. The highest BCUT2D eigenvalue weighted by molar-refractivity contribution is 5.96. The second kappa shape index (κ2) is 7.84. The molecule has 0 bridgehead atoms. The van der Waals surface area contributed by atoms with Crippen LogP contribution in [0.4, 0.5) is 5.69 Å². The fourth-order valence-electron chi connectivity index (χ4n) is 1.98. The fourth-order valence-corrected chi connectivity index (χ4v) is 1.98. The van der Waals surface area contributed by atoms with Crippen LogP contribution in [0.5, 0.6) is 11.5 Å². The topological polar surface area (TPSA) is 90.7 Å². The number of primary amides is 1. The van der Waals surface area contributed by atoms with Gasteiger partial charge >= 0.3 is 0 Å². The van der Waals surface area contributed by atoms with Crippen LogP contribution in [0.1, 0.15) is 17.3 Å². The zero-order valence-electron chi connectivity index (χ0n) is 12.7. The second-order valence-electron chi connectivity index (χ2n) is 4.63. The number of hydrogen-bond acceptors (Lipinski definition) is 4. The van der Waals surface area contributed by atoms with Crippen molar-refractivity contribution in [2.45, 2.75) is 6.92 Å². The molecule has 6 nitrogen and oxygen atoms in total. The van der Waals surface area contributed by atoms with Crippen LogP contribution in [0.3, 0.4) is 0 Å². The first-order valence-corrected chi connectivity index (χ1v) is 7.15. The largest absolute Gasteiger partial charge is 0.492 e. The molecule has 23 heavy (non-hydrogen) atoms. The van der Waals surface area contributed by atoms with Crippen LogP contribution in [0, 0.1) is 0 Å². The Kier molecular flexibility index (Phi) is 5.57. The van der Waals surface area contributed by atoms with Gasteiger partial charge in [0.1, 0.15) is 11.5 Å². The molecule has 0 aromatic heterocycles. The van der Waals surface area contributed by atoms with Crippen molar-refractivity contribution in [1.29, 1.82) is 0 Å². The van der Waals surface area contributed by atoms with Crippen molar-refractivity contribution < 1.29 is 19.1 Å². The molecule has 0 heterocycles. The Labute approximate surface area is 134 Å². The minimum atomic E-state index is -0.609. The van der Waals surface area contributed by atoms with Gasteiger partial charge in [0.2, 0.25) is 0 Å². The molecule has 0 atom stereocenters. The third-order valence-electron chi connectivity index (χ3n) is 2.97. The van der Waals surface area contributed by atoms with E-state index in [1.807, 2.05) is 13.0 Å². The molecule has 0 saturated heterocycles. The van der Waals surface area contributed by atoms with E-state index in [1.165, 1.54) is 0 Å². The molecule has 2 amide bonds. The summed E-state index contributed by atoms with van der Waals surface area (Å²) in [7, 11) is 0. The number of carbonyl (C=O) groups excluding carboxylic acids is 2. The predicted molar refractivity (Wildman–Crippen MR) is 86.7 cm³/mol. The Morgan fingerprint density at radius 2 is 1.65 bits per heavy atom. The molecule has 0 aliphatic heterocycles. The summed E-state index contributed by atoms with van der Waals surface area (Å²) in [4.78, 5) is 23.3. The van der Waals surface area contributed by atoms with Gasteiger partial charge in [-0.2, -0.15) is 0 Å². The second-order valence-corrected chi connectivity index (χ2v) is 4.63. The lowest BCUT2D eigenvalue weighted by Gasteiger charge is -2.12. The van der Waals surface area contributed by atoms with Crippen molar-refractivity contribution >= 4 is 17.5 Å². The van der Waals surface area contributed by atoms with Crippen LogP contribution in [0.15, 0.2) is 48.5 Å². The molecule has 0 aliphatic rings. The highest BCUT2D eigenvalue weighted by Crippen LogP contribution is 2.23. The number of amides is 2. The Balaban J connectivity index is 2.00. The monoisotopic (exact) mass is 314 g/mol. The van der Waals surface area contributed by atoms with Gasteiger partial charge in [0, 0.05) is 0 Å². The van der Waals surface area contributed by atoms with Crippen molar-refractivity contribution in [2.24, 2.45) is 5.73 Å². The van der Waals surface area contributed by atoms with Gasteiger partial charge in [-0.1, -0.05) is 24.3 Å². The summed E-state index contributed by atoms with van der Waals surface area (Å²) in [5, 5.41) is 2.71. The quantitative estimate of drug-likeness (QED) is 0.819. The molecule has 0 aliphatic carbocycles. The highest BCUT2D eigenvalue weighted by atomic mass is 16.5. The van der Waals surface area contributed by atoms with E-state index in [0.29, 0.717) is 18.0 Å². The molecule has 0 saturated carbocycles. The van der Waals surface area contributed by atoms with E-state index < -0.39 is 5.91 Å². The van der Waals surface area contributed by atoms with Crippen molar-refractivity contribution in [3.8, 4) is 11.5 Å². The summed E-state index contributed by atoms with van der Waals surface area (Å²) in [6.45, 7) is 2.11. The molecular formula is C17H18N2O4. The number of hydrogen-bond donors (Lipinski definition) is 2. The zero-order valence-corrected chi connectivity index (χ0v) is 12.7. The van der Waals surface area contributed by atoms with Gasteiger partial charge in [-0.25, -0.2) is 0 Å². The SMILES string of the molecule is CCOc1ccccc1NC(=O)COc1ccccc1C(N)=O. The van der Waals surface area contributed by atoms with Crippen LogP contribution in [0.2, 0.25) is 0 Å². The van der Waals surface area contributed by atoms with E-state index in [-0.39, 0.29) is 23.8 Å². The minimum Gasteiger partial charge on any atom is -0.492 e. The lowest BCUT2D eigenvalue weighted by Crippen LogP contribution is -2.22. The lowest BCUT2D eigenvalue weighted by molar-refractivity contribution is -0.118. The van der Waals surface area contributed by atoms with Gasteiger partial charge in [-0.15, -0.1) is 0 Å². The zero-order chi connectivity index (χ0) is 16.7. The number of anilines is 1. The predicted octanol–water partition coefficient (Wildman–Crippen LogP) is 2.20. The third kappa shape index (κ3) is 4.47. The van der Waals surface area contributed by atoms with Gasteiger partial charge in [0.15, 0.2) is 6.61 Å². The first-order valence-electron chi connectivity index (χ1n) is 7.15. The first-order chi connectivity index (χ1) is 11.1. The molecule has 2 aromatic carbocycles. The van der Waals surface area contributed by atoms with E-state index in [9.17, 15) is 9.59 Å². The molecule has 3 N–H and O–H groups in total. The number of para-hydroxylation sites is 3. The van der Waals surface area contributed by atoms with Crippen molar-refractivity contribution in [1.82, 2.24) is 0 Å². The molecule has 0 fully saturated rings. The van der Waals surface area contributed by atoms with Gasteiger partial charge in [0.05, 0.1) is 17.9 Å². The Hall–Kier alpha value is -3.02. The normalized spacial score (nSPS) is 9.96. The molecule has 120 valence electrons. The molecule has 2 rings (SSSR count). The van der Waals surface area contributed by atoms with Crippen LogP contribution < -0.4 is 20.5 Å². The smallest absolute Gasteiger partial charge is 0.262 e. The summed E-state index contributed by atoms with van der Waals surface area (Å²) in [6.07, 6.45) is 0. The summed E-state index contributed by atoms with van der Waals surface area (Å²) in [5.41, 5.74) is 6.05. The number of carbonyl (C=O) groups is 2. The molecule has 0 unspecified atom stereocenters. The number of nitrogens with one attached hydrogen (secondary N) is 1. The lowest BCUT2D eigenvalue weighted by atomic mass is 10.2. The first kappa shape index (κ1) is 16.4. The summed E-state index contributed by atoms with van der Waals surface area (Å²) >= 11 is 0. The van der Waals surface area contributed by atoms with Crippen LogP contribution in [-0.4, -0.2) is 25.0 Å². The van der Waals surface area contributed by atoms with E-state index in [4.69, 9.17) is 15.2 Å². The van der Waals surface area contributed by atoms with E-state index >= 15 is 0 Å².